The number of nitriles is 1. The van der Waals surface area contributed by atoms with Gasteiger partial charge in [0.2, 0.25) is 0 Å². The number of rotatable bonds is 3. The Kier molecular flexibility index (Phi) is 3.81. The van der Waals surface area contributed by atoms with Crippen LogP contribution in [0, 0.1) is 11.3 Å². The number of nitrogens with zero attached hydrogens (tertiary/aromatic N) is 2. The minimum absolute atomic E-state index is 0.0117. The average molecular weight is 301 g/mol. The molecule has 4 nitrogen and oxygen atoms in total. The zero-order chi connectivity index (χ0) is 13.9. The number of benzene rings is 1. The summed E-state index contributed by atoms with van der Waals surface area (Å²) in [5.74, 6) is 2.31. The molecular weight excluding hydrogens is 290 g/mol. The van der Waals surface area contributed by atoms with E-state index >= 15 is 0 Å². The summed E-state index contributed by atoms with van der Waals surface area (Å²) in [6.07, 6.45) is 0. The highest BCUT2D eigenvalue weighted by Gasteiger charge is 2.17. The molecule has 0 radical (unpaired) electrons. The Morgan fingerprint density at radius 1 is 1.35 bits per heavy atom. The second-order valence-corrected chi connectivity index (χ2v) is 6.34. The fourth-order valence-electron chi connectivity index (χ4n) is 1.94. The number of aromatic nitrogens is 2. The third-order valence-corrected chi connectivity index (χ3v) is 4.94. The summed E-state index contributed by atoms with van der Waals surface area (Å²) in [6, 6.07) is 9.54. The van der Waals surface area contributed by atoms with Gasteiger partial charge in [-0.1, -0.05) is 23.9 Å². The molecule has 6 heteroatoms. The van der Waals surface area contributed by atoms with E-state index in [9.17, 15) is 4.79 Å². The summed E-state index contributed by atoms with van der Waals surface area (Å²) in [7, 11) is 0. The van der Waals surface area contributed by atoms with Crippen molar-refractivity contribution in [3.63, 3.8) is 0 Å². The van der Waals surface area contributed by atoms with E-state index in [0.29, 0.717) is 10.7 Å². The lowest BCUT2D eigenvalue weighted by atomic mass is 10.2. The van der Waals surface area contributed by atoms with Gasteiger partial charge in [0.05, 0.1) is 17.3 Å². The molecule has 0 amide bonds. The molecule has 0 saturated heterocycles. The topological polar surface area (TPSA) is 69.5 Å². The lowest BCUT2D eigenvalue weighted by molar-refractivity contribution is 0.884. The monoisotopic (exact) mass is 301 g/mol. The summed E-state index contributed by atoms with van der Waals surface area (Å²) in [5, 5.41) is 9.42. The van der Waals surface area contributed by atoms with Gasteiger partial charge in [0.1, 0.15) is 0 Å². The van der Waals surface area contributed by atoms with E-state index in [1.54, 1.807) is 23.9 Å². The molecule has 1 aromatic carbocycles. The molecule has 0 unspecified atom stereocenters. The second-order valence-electron chi connectivity index (χ2n) is 4.39. The number of hydrogen-bond donors (Lipinski definition) is 1. The van der Waals surface area contributed by atoms with Crippen LogP contribution in [-0.4, -0.2) is 9.97 Å². The molecule has 100 valence electrons. The molecule has 20 heavy (non-hydrogen) atoms. The van der Waals surface area contributed by atoms with Crippen molar-refractivity contribution in [1.82, 2.24) is 9.97 Å². The van der Waals surface area contributed by atoms with Crippen LogP contribution in [0.4, 0.5) is 0 Å². The van der Waals surface area contributed by atoms with Crippen molar-refractivity contribution in [2.75, 3.05) is 0 Å². The smallest absolute Gasteiger partial charge is 0.255 e. The van der Waals surface area contributed by atoms with E-state index in [-0.39, 0.29) is 5.56 Å². The quantitative estimate of drug-likeness (QED) is 0.697. The van der Waals surface area contributed by atoms with Crippen molar-refractivity contribution in [3.05, 3.63) is 57.0 Å². The molecule has 1 N–H and O–H groups in total. The van der Waals surface area contributed by atoms with Gasteiger partial charge in [-0.15, -0.1) is 0 Å². The first-order valence-corrected chi connectivity index (χ1v) is 8.22. The molecule has 0 spiro atoms. The van der Waals surface area contributed by atoms with Gasteiger partial charge in [-0.3, -0.25) is 4.79 Å². The minimum Gasteiger partial charge on any atom is -0.301 e. The number of fused-ring (bicyclic) bond motifs is 1. The first kappa shape index (κ1) is 13.3. The zero-order valence-electron chi connectivity index (χ0n) is 10.5. The zero-order valence-corrected chi connectivity index (χ0v) is 12.2. The molecule has 3 rings (SSSR count). The van der Waals surface area contributed by atoms with Gasteiger partial charge in [-0.05, 0) is 17.7 Å². The lowest BCUT2D eigenvalue weighted by Gasteiger charge is -2.03. The molecule has 2 heterocycles. The van der Waals surface area contributed by atoms with Gasteiger partial charge >= 0.3 is 0 Å². The van der Waals surface area contributed by atoms with E-state index < -0.39 is 0 Å². The van der Waals surface area contributed by atoms with Crippen LogP contribution in [-0.2, 0) is 17.3 Å². The standard InChI is InChI=1S/C14H11N3OS2/c15-5-9-1-3-10(4-2-9)6-20-14-16-12-8-19-7-11(12)13(18)17-14/h1-4H,6-8H2,(H,16,17,18). The van der Waals surface area contributed by atoms with Crippen molar-refractivity contribution < 1.29 is 0 Å². The van der Waals surface area contributed by atoms with Crippen LogP contribution in [0.25, 0.3) is 0 Å². The third-order valence-electron chi connectivity index (χ3n) is 3.02. The van der Waals surface area contributed by atoms with E-state index in [2.05, 4.69) is 16.0 Å². The summed E-state index contributed by atoms with van der Waals surface area (Å²) in [4.78, 5) is 19.2. The fourth-order valence-corrected chi connectivity index (χ4v) is 3.81. The summed E-state index contributed by atoms with van der Waals surface area (Å²) < 4.78 is 0. The highest BCUT2D eigenvalue weighted by atomic mass is 32.2. The van der Waals surface area contributed by atoms with Gasteiger partial charge in [-0.2, -0.15) is 17.0 Å². The van der Waals surface area contributed by atoms with Crippen LogP contribution in [0.2, 0.25) is 0 Å². The molecule has 1 aliphatic heterocycles. The summed E-state index contributed by atoms with van der Waals surface area (Å²) in [6.45, 7) is 0. The molecule has 2 aromatic rings. The van der Waals surface area contributed by atoms with E-state index in [1.807, 2.05) is 12.1 Å². The number of thioether (sulfide) groups is 2. The van der Waals surface area contributed by atoms with Gasteiger partial charge < -0.3 is 4.98 Å². The van der Waals surface area contributed by atoms with E-state index in [1.165, 1.54) is 11.8 Å². The molecular formula is C14H11N3OS2. The number of hydrogen-bond acceptors (Lipinski definition) is 5. The molecule has 1 aliphatic rings. The van der Waals surface area contributed by atoms with E-state index in [0.717, 1.165) is 34.1 Å². The van der Waals surface area contributed by atoms with Crippen LogP contribution in [0.15, 0.2) is 34.2 Å². The van der Waals surface area contributed by atoms with Crippen LogP contribution in [0.5, 0.6) is 0 Å². The highest BCUT2D eigenvalue weighted by molar-refractivity contribution is 7.98. The van der Waals surface area contributed by atoms with Crippen LogP contribution in [0.1, 0.15) is 22.4 Å². The highest BCUT2D eigenvalue weighted by Crippen LogP contribution is 2.27. The first-order chi connectivity index (χ1) is 9.76. The Labute approximate surface area is 124 Å². The van der Waals surface area contributed by atoms with Gasteiger partial charge in [0.25, 0.3) is 5.56 Å². The molecule has 0 fully saturated rings. The predicted octanol–water partition coefficient (Wildman–Crippen LogP) is 2.68. The predicted molar refractivity (Wildman–Crippen MR) is 80.6 cm³/mol. The molecule has 0 aliphatic carbocycles. The van der Waals surface area contributed by atoms with Gasteiger partial charge in [0.15, 0.2) is 5.16 Å². The normalized spacial score (nSPS) is 12.9. The molecule has 1 aromatic heterocycles. The average Bonchev–Trinajstić information content (AvgIpc) is 2.94. The third kappa shape index (κ3) is 2.74. The maximum absolute atomic E-state index is 11.9. The largest absolute Gasteiger partial charge is 0.301 e. The summed E-state index contributed by atoms with van der Waals surface area (Å²) in [5.41, 5.74) is 3.48. The molecule has 0 bridgehead atoms. The Morgan fingerprint density at radius 3 is 2.90 bits per heavy atom. The Balaban J connectivity index is 1.74. The van der Waals surface area contributed by atoms with Crippen molar-refractivity contribution in [3.8, 4) is 6.07 Å². The Hall–Kier alpha value is -1.71. The Bertz CT molecular complexity index is 732. The van der Waals surface area contributed by atoms with Gasteiger partial charge in [-0.25, -0.2) is 4.98 Å². The number of aromatic amines is 1. The molecule has 0 saturated carbocycles. The maximum Gasteiger partial charge on any atom is 0.255 e. The van der Waals surface area contributed by atoms with Crippen molar-refractivity contribution in [2.24, 2.45) is 0 Å². The van der Waals surface area contributed by atoms with Crippen LogP contribution >= 0.6 is 23.5 Å². The number of H-pyrrole nitrogens is 1. The summed E-state index contributed by atoms with van der Waals surface area (Å²) >= 11 is 3.23. The van der Waals surface area contributed by atoms with Crippen molar-refractivity contribution in [2.45, 2.75) is 22.4 Å². The van der Waals surface area contributed by atoms with Crippen molar-refractivity contribution >= 4 is 23.5 Å². The number of nitrogens with one attached hydrogen (secondary N) is 1. The van der Waals surface area contributed by atoms with E-state index in [4.69, 9.17) is 5.26 Å². The van der Waals surface area contributed by atoms with Gasteiger partial charge in [0, 0.05) is 22.8 Å². The second kappa shape index (κ2) is 5.73. The van der Waals surface area contributed by atoms with Crippen LogP contribution < -0.4 is 5.56 Å². The molecule has 0 atom stereocenters. The van der Waals surface area contributed by atoms with Crippen molar-refractivity contribution in [1.29, 1.82) is 5.26 Å². The fraction of sp³-hybridized carbons (Fsp3) is 0.214. The minimum atomic E-state index is -0.0117. The maximum atomic E-state index is 11.9. The Morgan fingerprint density at radius 2 is 2.15 bits per heavy atom. The first-order valence-electron chi connectivity index (χ1n) is 6.08. The lowest BCUT2D eigenvalue weighted by Crippen LogP contribution is -2.14. The SMILES string of the molecule is N#Cc1ccc(CSc2nc3c(c(=O)[nH]2)CSC3)cc1. The van der Waals surface area contributed by atoms with Crippen LogP contribution in [0.3, 0.4) is 0 Å².